The van der Waals surface area contributed by atoms with Crippen LogP contribution in [0, 0.1) is 11.3 Å². The van der Waals surface area contributed by atoms with Gasteiger partial charge in [-0.3, -0.25) is 0 Å². The molecule has 88 valence electrons. The van der Waals surface area contributed by atoms with Gasteiger partial charge in [-0.2, -0.15) is 5.26 Å². The van der Waals surface area contributed by atoms with E-state index in [9.17, 15) is 8.42 Å². The Labute approximate surface area is 91.5 Å². The lowest BCUT2D eigenvalue weighted by molar-refractivity contribution is 0.199. The van der Waals surface area contributed by atoms with E-state index in [1.54, 1.807) is 0 Å². The van der Waals surface area contributed by atoms with Crippen LogP contribution in [0.3, 0.4) is 0 Å². The lowest BCUT2D eigenvalue weighted by Crippen LogP contribution is -2.36. The lowest BCUT2D eigenvalue weighted by Gasteiger charge is -2.13. The zero-order chi connectivity index (χ0) is 11.7. The third-order valence-electron chi connectivity index (χ3n) is 1.94. The van der Waals surface area contributed by atoms with Gasteiger partial charge in [0, 0.05) is 19.8 Å². The Morgan fingerprint density at radius 3 is 2.67 bits per heavy atom. The van der Waals surface area contributed by atoms with Crippen LogP contribution in [0.5, 0.6) is 0 Å². The first-order valence-electron chi connectivity index (χ1n) is 4.91. The SMILES string of the molecule is CCC(CC#N)NS(=O)(=O)CCCOC. The maximum Gasteiger partial charge on any atom is 0.211 e. The second kappa shape index (κ2) is 7.63. The summed E-state index contributed by atoms with van der Waals surface area (Å²) in [6.07, 6.45) is 1.30. The fourth-order valence-corrected chi connectivity index (χ4v) is 2.46. The van der Waals surface area contributed by atoms with Gasteiger partial charge in [0.1, 0.15) is 0 Å². The third-order valence-corrected chi connectivity index (χ3v) is 3.46. The molecule has 0 aromatic carbocycles. The Bertz CT molecular complexity index is 295. The topological polar surface area (TPSA) is 79.2 Å². The van der Waals surface area contributed by atoms with Gasteiger partial charge in [0.25, 0.3) is 0 Å². The number of rotatable bonds is 8. The molecule has 1 atom stereocenters. The van der Waals surface area contributed by atoms with Crippen molar-refractivity contribution in [3.8, 4) is 6.07 Å². The van der Waals surface area contributed by atoms with Crippen molar-refractivity contribution in [3.63, 3.8) is 0 Å². The molecule has 0 fully saturated rings. The van der Waals surface area contributed by atoms with E-state index in [2.05, 4.69) is 4.72 Å². The molecular weight excluding hydrogens is 216 g/mol. The second-order valence-corrected chi connectivity index (χ2v) is 5.12. The Kier molecular flexibility index (Phi) is 7.30. The van der Waals surface area contributed by atoms with E-state index in [0.717, 1.165) is 0 Å². The van der Waals surface area contributed by atoms with Gasteiger partial charge in [0.15, 0.2) is 0 Å². The molecule has 0 bridgehead atoms. The van der Waals surface area contributed by atoms with Gasteiger partial charge >= 0.3 is 0 Å². The Balaban J connectivity index is 4.06. The van der Waals surface area contributed by atoms with Gasteiger partial charge in [-0.05, 0) is 12.8 Å². The van der Waals surface area contributed by atoms with Crippen molar-refractivity contribution in [2.24, 2.45) is 0 Å². The van der Waals surface area contributed by atoms with E-state index in [1.807, 2.05) is 13.0 Å². The predicted octanol–water partition coefficient (Wildman–Crippen LogP) is 0.635. The molecule has 0 aliphatic heterocycles. The lowest BCUT2D eigenvalue weighted by atomic mass is 10.2. The molecule has 0 spiro atoms. The molecule has 0 saturated carbocycles. The maximum atomic E-state index is 11.5. The highest BCUT2D eigenvalue weighted by molar-refractivity contribution is 7.89. The van der Waals surface area contributed by atoms with Gasteiger partial charge in [0.05, 0.1) is 18.2 Å². The zero-order valence-electron chi connectivity index (χ0n) is 9.19. The number of hydrogen-bond donors (Lipinski definition) is 1. The van der Waals surface area contributed by atoms with E-state index < -0.39 is 10.0 Å². The van der Waals surface area contributed by atoms with Crippen LogP contribution in [0.1, 0.15) is 26.2 Å². The molecule has 0 amide bonds. The van der Waals surface area contributed by atoms with Gasteiger partial charge in [-0.15, -0.1) is 0 Å². The number of nitriles is 1. The molecule has 1 unspecified atom stereocenters. The molecular formula is C9H18N2O3S. The van der Waals surface area contributed by atoms with Gasteiger partial charge in [-0.25, -0.2) is 13.1 Å². The van der Waals surface area contributed by atoms with Gasteiger partial charge in [-0.1, -0.05) is 6.92 Å². The standard InChI is InChI=1S/C9H18N2O3S/c1-3-9(5-6-10)11-15(12,13)8-4-7-14-2/h9,11H,3-5,7-8H2,1-2H3. The van der Waals surface area contributed by atoms with Crippen LogP contribution < -0.4 is 4.72 Å². The predicted molar refractivity (Wildman–Crippen MR) is 57.7 cm³/mol. The molecule has 15 heavy (non-hydrogen) atoms. The highest BCUT2D eigenvalue weighted by Gasteiger charge is 2.15. The summed E-state index contributed by atoms with van der Waals surface area (Å²) in [6, 6.07) is 1.68. The number of ether oxygens (including phenoxy) is 1. The summed E-state index contributed by atoms with van der Waals surface area (Å²) < 4.78 is 30.2. The summed E-state index contributed by atoms with van der Waals surface area (Å²) in [5.41, 5.74) is 0. The normalized spacial score (nSPS) is 13.4. The summed E-state index contributed by atoms with van der Waals surface area (Å²) in [5.74, 6) is 0.0444. The maximum absolute atomic E-state index is 11.5. The third kappa shape index (κ3) is 7.31. The fraction of sp³-hybridized carbons (Fsp3) is 0.889. The highest BCUT2D eigenvalue weighted by Crippen LogP contribution is 2.00. The van der Waals surface area contributed by atoms with Crippen LogP contribution >= 0.6 is 0 Å². The monoisotopic (exact) mass is 234 g/mol. The highest BCUT2D eigenvalue weighted by atomic mass is 32.2. The Morgan fingerprint density at radius 1 is 1.53 bits per heavy atom. The van der Waals surface area contributed by atoms with Crippen LogP contribution in [0.15, 0.2) is 0 Å². The van der Waals surface area contributed by atoms with Gasteiger partial charge < -0.3 is 4.74 Å². The number of nitrogens with zero attached hydrogens (tertiary/aromatic N) is 1. The molecule has 0 aromatic heterocycles. The van der Waals surface area contributed by atoms with E-state index >= 15 is 0 Å². The van der Waals surface area contributed by atoms with E-state index in [4.69, 9.17) is 10.00 Å². The molecule has 6 heteroatoms. The number of sulfonamides is 1. The van der Waals surface area contributed by atoms with Crippen molar-refractivity contribution in [1.29, 1.82) is 5.26 Å². The first-order chi connectivity index (χ1) is 7.05. The van der Waals surface area contributed by atoms with Crippen LogP contribution in [0.4, 0.5) is 0 Å². The molecule has 5 nitrogen and oxygen atoms in total. The van der Waals surface area contributed by atoms with Crippen LogP contribution in [0.25, 0.3) is 0 Å². The largest absolute Gasteiger partial charge is 0.385 e. The second-order valence-electron chi connectivity index (χ2n) is 3.25. The summed E-state index contributed by atoms with van der Waals surface area (Å²) in [5, 5.41) is 8.47. The molecule has 0 saturated heterocycles. The minimum atomic E-state index is -3.27. The van der Waals surface area contributed by atoms with Crippen LogP contribution in [-0.4, -0.2) is 33.9 Å². The Hall–Kier alpha value is -0.640. The molecule has 0 heterocycles. The van der Waals surface area contributed by atoms with Crippen LogP contribution in [-0.2, 0) is 14.8 Å². The smallest absolute Gasteiger partial charge is 0.211 e. The van der Waals surface area contributed by atoms with E-state index in [1.165, 1.54) is 7.11 Å². The minimum absolute atomic E-state index is 0.0444. The average molecular weight is 234 g/mol. The van der Waals surface area contributed by atoms with Crippen molar-refractivity contribution < 1.29 is 13.2 Å². The van der Waals surface area contributed by atoms with Crippen molar-refractivity contribution in [2.75, 3.05) is 19.5 Å². The summed E-state index contributed by atoms with van der Waals surface area (Å²) in [7, 11) is -1.74. The first-order valence-corrected chi connectivity index (χ1v) is 6.56. The van der Waals surface area contributed by atoms with Crippen molar-refractivity contribution in [2.45, 2.75) is 32.2 Å². The molecule has 1 N–H and O–H groups in total. The number of methoxy groups -OCH3 is 1. The van der Waals surface area contributed by atoms with Crippen LogP contribution in [0.2, 0.25) is 0 Å². The number of hydrogen-bond acceptors (Lipinski definition) is 4. The van der Waals surface area contributed by atoms with E-state index in [0.29, 0.717) is 19.4 Å². The van der Waals surface area contributed by atoms with Crippen molar-refractivity contribution in [3.05, 3.63) is 0 Å². The van der Waals surface area contributed by atoms with Crippen molar-refractivity contribution >= 4 is 10.0 Å². The summed E-state index contributed by atoms with van der Waals surface area (Å²) >= 11 is 0. The first kappa shape index (κ1) is 14.4. The minimum Gasteiger partial charge on any atom is -0.385 e. The summed E-state index contributed by atoms with van der Waals surface area (Å²) in [4.78, 5) is 0. The summed E-state index contributed by atoms with van der Waals surface area (Å²) in [6.45, 7) is 2.27. The Morgan fingerprint density at radius 2 is 2.20 bits per heavy atom. The molecule has 0 aromatic rings. The quantitative estimate of drug-likeness (QED) is 0.625. The molecule has 0 radical (unpaired) electrons. The average Bonchev–Trinajstić information content (AvgIpc) is 2.17. The van der Waals surface area contributed by atoms with Gasteiger partial charge in [0.2, 0.25) is 10.0 Å². The number of nitrogens with one attached hydrogen (secondary N) is 1. The fourth-order valence-electron chi connectivity index (χ4n) is 1.09. The zero-order valence-corrected chi connectivity index (χ0v) is 10.0. The molecule has 0 rings (SSSR count). The molecule has 0 aliphatic rings. The molecule has 0 aliphatic carbocycles. The van der Waals surface area contributed by atoms with Crippen molar-refractivity contribution in [1.82, 2.24) is 4.72 Å². The van der Waals surface area contributed by atoms with E-state index in [-0.39, 0.29) is 18.2 Å².